The Morgan fingerprint density at radius 2 is 0.859 bits per heavy atom. The summed E-state index contributed by atoms with van der Waals surface area (Å²) in [6.45, 7) is 4.62. The summed E-state index contributed by atoms with van der Waals surface area (Å²) in [5, 5.41) is 14.0. The molecule has 0 saturated carbocycles. The summed E-state index contributed by atoms with van der Waals surface area (Å²) in [4.78, 5) is 25.5. The highest BCUT2D eigenvalue weighted by Gasteiger charge is 2.24. The lowest BCUT2D eigenvalue weighted by atomic mass is 10.0. The first-order valence-corrected chi connectivity index (χ1v) is 31.6. The normalized spacial score (nSPS) is 14.3. The van der Waals surface area contributed by atoms with Crippen LogP contribution in [0.5, 0.6) is 0 Å². The van der Waals surface area contributed by atoms with Crippen LogP contribution in [-0.2, 0) is 18.4 Å². The number of quaternary nitrogens is 1. The Labute approximate surface area is 441 Å². The lowest BCUT2D eigenvalue weighted by molar-refractivity contribution is -0.870. The van der Waals surface area contributed by atoms with Gasteiger partial charge in [0.15, 0.2) is 0 Å². The van der Waals surface area contributed by atoms with E-state index in [-0.39, 0.29) is 19.1 Å². The Bertz CT molecular complexity index is 1340. The predicted molar refractivity (Wildman–Crippen MR) is 307 cm³/mol. The maximum atomic E-state index is 13.0. The SMILES string of the molecule is CC/C=C\C/C=C\C/C=C\C/C=C\C/C=C\CCCCCCCCCCCCCCCCCCCCCCCC(=O)NC(COP(=O)([O-])OCC[N+](C)(C)C)C(O)CCCCCCCCCCCCCC. The zero-order chi connectivity index (χ0) is 52.0. The molecular weight excluding hydrogens is 900 g/mol. The predicted octanol–water partition coefficient (Wildman–Crippen LogP) is 17.9. The van der Waals surface area contributed by atoms with Crippen molar-refractivity contribution in [3.63, 3.8) is 0 Å². The van der Waals surface area contributed by atoms with Crippen molar-refractivity contribution in [2.75, 3.05) is 40.9 Å². The van der Waals surface area contributed by atoms with Gasteiger partial charge < -0.3 is 28.8 Å². The van der Waals surface area contributed by atoms with Crippen LogP contribution in [0.1, 0.15) is 277 Å². The van der Waals surface area contributed by atoms with Crippen molar-refractivity contribution >= 4 is 13.7 Å². The van der Waals surface area contributed by atoms with Gasteiger partial charge in [-0.1, -0.05) is 274 Å². The number of nitrogens with zero attached hydrogens (tertiary/aromatic N) is 1. The van der Waals surface area contributed by atoms with Crippen LogP contribution in [0.4, 0.5) is 0 Å². The summed E-state index contributed by atoms with van der Waals surface area (Å²) in [6, 6.07) is -0.799. The third kappa shape index (κ3) is 55.8. The Balaban J connectivity index is 3.90. The summed E-state index contributed by atoms with van der Waals surface area (Å²) < 4.78 is 23.4. The lowest BCUT2D eigenvalue weighted by Crippen LogP contribution is -2.46. The number of phosphoric acid groups is 1. The second-order valence-corrected chi connectivity index (χ2v) is 23.1. The third-order valence-electron chi connectivity index (χ3n) is 13.5. The number of hydrogen-bond donors (Lipinski definition) is 2. The molecule has 9 heteroatoms. The van der Waals surface area contributed by atoms with Crippen LogP contribution in [0.3, 0.4) is 0 Å². The van der Waals surface area contributed by atoms with Gasteiger partial charge in [-0.25, -0.2) is 0 Å². The molecule has 1 amide bonds. The molecule has 3 atom stereocenters. The van der Waals surface area contributed by atoms with Crippen molar-refractivity contribution in [3.8, 4) is 0 Å². The van der Waals surface area contributed by atoms with Crippen LogP contribution >= 0.6 is 7.82 Å². The highest BCUT2D eigenvalue weighted by Crippen LogP contribution is 2.38. The highest BCUT2D eigenvalue weighted by molar-refractivity contribution is 7.45. The number of carbonyl (C=O) groups excluding carboxylic acids is 1. The molecule has 0 aromatic heterocycles. The molecule has 0 aliphatic rings. The second-order valence-electron chi connectivity index (χ2n) is 21.7. The fourth-order valence-corrected chi connectivity index (χ4v) is 9.56. The average Bonchev–Trinajstić information content (AvgIpc) is 3.33. The van der Waals surface area contributed by atoms with Crippen molar-refractivity contribution in [2.45, 2.75) is 289 Å². The molecular formula is C62H117N2O6P. The summed E-state index contributed by atoms with van der Waals surface area (Å²) in [5.74, 6) is -0.162. The molecule has 0 spiro atoms. The molecule has 416 valence electrons. The van der Waals surface area contributed by atoms with Gasteiger partial charge >= 0.3 is 0 Å². The highest BCUT2D eigenvalue weighted by atomic mass is 31.2. The van der Waals surface area contributed by atoms with Crippen LogP contribution in [0, 0.1) is 0 Å². The number of carbonyl (C=O) groups is 1. The lowest BCUT2D eigenvalue weighted by Gasteiger charge is -2.30. The van der Waals surface area contributed by atoms with Crippen molar-refractivity contribution in [1.82, 2.24) is 5.32 Å². The second kappa shape index (κ2) is 53.0. The first-order valence-electron chi connectivity index (χ1n) is 30.1. The molecule has 0 fully saturated rings. The fraction of sp³-hybridized carbons (Fsp3) is 0.823. The molecule has 0 rings (SSSR count). The molecule has 71 heavy (non-hydrogen) atoms. The molecule has 2 N–H and O–H groups in total. The molecule has 0 aliphatic carbocycles. The van der Waals surface area contributed by atoms with Gasteiger partial charge in [0.1, 0.15) is 13.2 Å². The Kier molecular flexibility index (Phi) is 51.7. The minimum Gasteiger partial charge on any atom is -0.756 e. The maximum absolute atomic E-state index is 13.0. The first kappa shape index (κ1) is 69.2. The molecule has 0 aliphatic heterocycles. The van der Waals surface area contributed by atoms with Gasteiger partial charge in [-0.3, -0.25) is 9.36 Å². The Morgan fingerprint density at radius 3 is 1.25 bits per heavy atom. The van der Waals surface area contributed by atoms with E-state index in [1.54, 1.807) is 0 Å². The van der Waals surface area contributed by atoms with Crippen molar-refractivity contribution in [3.05, 3.63) is 60.8 Å². The number of unbranched alkanes of at least 4 members (excludes halogenated alkanes) is 32. The van der Waals surface area contributed by atoms with Gasteiger partial charge in [0.05, 0.1) is 39.9 Å². The van der Waals surface area contributed by atoms with E-state index in [9.17, 15) is 19.4 Å². The van der Waals surface area contributed by atoms with Crippen molar-refractivity contribution < 1.29 is 32.9 Å². The van der Waals surface area contributed by atoms with E-state index in [1.165, 1.54) is 180 Å². The monoisotopic (exact) mass is 1020 g/mol. The molecule has 0 heterocycles. The van der Waals surface area contributed by atoms with E-state index in [2.05, 4.69) is 79.9 Å². The number of phosphoric ester groups is 1. The van der Waals surface area contributed by atoms with Gasteiger partial charge in [-0.05, 0) is 57.8 Å². The summed E-state index contributed by atoms with van der Waals surface area (Å²) in [5.41, 5.74) is 0. The quantitative estimate of drug-likeness (QED) is 0.0272. The molecule has 0 aromatic rings. The largest absolute Gasteiger partial charge is 0.756 e. The number of hydrogen-bond acceptors (Lipinski definition) is 6. The van der Waals surface area contributed by atoms with Gasteiger partial charge in [0.25, 0.3) is 7.82 Å². The van der Waals surface area contributed by atoms with E-state index in [1.807, 2.05) is 21.1 Å². The summed E-state index contributed by atoms with van der Waals surface area (Å²) >= 11 is 0. The molecule has 0 radical (unpaired) electrons. The molecule has 0 bridgehead atoms. The van der Waals surface area contributed by atoms with Crippen LogP contribution < -0.4 is 10.2 Å². The van der Waals surface area contributed by atoms with E-state index in [0.717, 1.165) is 70.6 Å². The topological polar surface area (TPSA) is 108 Å². The van der Waals surface area contributed by atoms with E-state index < -0.39 is 20.0 Å². The number of likely N-dealkylation sites (N-methyl/N-ethyl adjacent to an activating group) is 1. The standard InChI is InChI=1S/C62H117N2O6P/c1-6-8-10-12-14-16-18-20-21-22-23-24-25-26-27-28-29-30-31-32-33-34-35-36-37-38-39-40-41-42-43-44-46-48-50-52-54-56-62(66)63-60(59-70-71(67,68)69-58-57-64(3,4)5)61(65)55-53-51-49-47-45-19-17-15-13-11-9-7-2/h8,10,14,16,20-21,23-24,26-27,60-61,65H,6-7,9,11-13,15,17-19,22,25,28-59H2,1-5H3,(H-,63,66,67,68)/b10-8-,16-14-,21-20-,24-23-,27-26-. The average molecular weight is 1020 g/mol. The van der Waals surface area contributed by atoms with Crippen LogP contribution in [0.25, 0.3) is 0 Å². The third-order valence-corrected chi connectivity index (χ3v) is 14.5. The Morgan fingerprint density at radius 1 is 0.507 bits per heavy atom. The van der Waals surface area contributed by atoms with Gasteiger partial charge in [-0.15, -0.1) is 0 Å². The fourth-order valence-electron chi connectivity index (χ4n) is 8.83. The van der Waals surface area contributed by atoms with Crippen LogP contribution in [0.15, 0.2) is 60.8 Å². The number of rotatable bonds is 55. The number of nitrogens with one attached hydrogen (secondary N) is 1. The van der Waals surface area contributed by atoms with Gasteiger partial charge in [0, 0.05) is 6.42 Å². The molecule has 8 nitrogen and oxygen atoms in total. The maximum Gasteiger partial charge on any atom is 0.268 e. The van der Waals surface area contributed by atoms with Gasteiger partial charge in [0.2, 0.25) is 5.91 Å². The minimum atomic E-state index is -4.57. The number of allylic oxidation sites excluding steroid dienone is 10. The molecule has 3 unspecified atom stereocenters. The first-order chi connectivity index (χ1) is 34.5. The molecule has 0 aromatic carbocycles. The minimum absolute atomic E-state index is 0.0129. The number of aliphatic hydroxyl groups is 1. The van der Waals surface area contributed by atoms with E-state index >= 15 is 0 Å². The van der Waals surface area contributed by atoms with E-state index in [0.29, 0.717) is 23.9 Å². The van der Waals surface area contributed by atoms with Crippen molar-refractivity contribution in [2.24, 2.45) is 0 Å². The smallest absolute Gasteiger partial charge is 0.268 e. The Hall–Kier alpha value is -1.80. The van der Waals surface area contributed by atoms with Gasteiger partial charge in [-0.2, -0.15) is 0 Å². The van der Waals surface area contributed by atoms with Crippen LogP contribution in [-0.4, -0.2) is 68.5 Å². The van der Waals surface area contributed by atoms with Crippen LogP contribution in [0.2, 0.25) is 0 Å². The zero-order valence-corrected chi connectivity index (χ0v) is 48.3. The zero-order valence-electron chi connectivity index (χ0n) is 47.4. The summed E-state index contributed by atoms with van der Waals surface area (Å²) in [6.07, 6.45) is 71.4. The number of amides is 1. The molecule has 0 saturated heterocycles. The van der Waals surface area contributed by atoms with Crippen molar-refractivity contribution in [1.29, 1.82) is 0 Å². The van der Waals surface area contributed by atoms with E-state index in [4.69, 9.17) is 9.05 Å². The number of aliphatic hydroxyl groups excluding tert-OH is 1. The summed E-state index contributed by atoms with van der Waals surface area (Å²) in [7, 11) is 1.31.